The number of hydrogen-bond donors (Lipinski definition) is 0. The van der Waals surface area contributed by atoms with Crippen molar-refractivity contribution >= 4 is 13.4 Å². The van der Waals surface area contributed by atoms with E-state index < -0.39 is 0 Å². The van der Waals surface area contributed by atoms with Gasteiger partial charge in [0.2, 0.25) is 0 Å². The maximum absolute atomic E-state index is 8.26. The van der Waals surface area contributed by atoms with Crippen LogP contribution in [0.2, 0.25) is 0 Å². The number of benzene rings is 2. The number of imidazole rings is 1. The molecule has 0 radical (unpaired) electrons. The lowest BCUT2D eigenvalue weighted by atomic mass is 9.92. The fourth-order valence-electron chi connectivity index (χ4n) is 2.36. The van der Waals surface area contributed by atoms with Gasteiger partial charge < -0.3 is 4.57 Å². The molecule has 0 atom stereocenters. The molecule has 24 heavy (non-hydrogen) atoms. The Bertz CT molecular complexity index is 773. The summed E-state index contributed by atoms with van der Waals surface area (Å²) in [6, 6.07) is 23.0. The summed E-state index contributed by atoms with van der Waals surface area (Å²) in [7, 11) is 2.08. The van der Waals surface area contributed by atoms with Gasteiger partial charge in [-0.05, 0) is 23.6 Å². The van der Waals surface area contributed by atoms with E-state index in [0.29, 0.717) is 6.54 Å². The Morgan fingerprint density at radius 3 is 2.00 bits per heavy atom. The van der Waals surface area contributed by atoms with Crippen LogP contribution < -0.4 is 0 Å². The highest BCUT2D eigenvalue weighted by atomic mass is 15.0. The molecule has 0 fully saturated rings. The Morgan fingerprint density at radius 1 is 1.08 bits per heavy atom. The second-order valence-electron chi connectivity index (χ2n) is 5.26. The number of hydrogen-bond acceptors (Lipinski definition) is 2. The summed E-state index contributed by atoms with van der Waals surface area (Å²) in [5.41, 5.74) is 4.85. The molecule has 3 aromatic rings. The molecule has 1 aromatic heterocycles. The van der Waals surface area contributed by atoms with Crippen LogP contribution >= 0.6 is 0 Å². The van der Waals surface area contributed by atoms with Gasteiger partial charge in [0.15, 0.2) is 0 Å². The first kappa shape index (κ1) is 17.3. The maximum atomic E-state index is 8.26. The van der Waals surface area contributed by atoms with Gasteiger partial charge >= 0.3 is 0 Å². The minimum Gasteiger partial charge on any atom is -0.321 e. The highest BCUT2D eigenvalue weighted by Crippen LogP contribution is 2.21. The molecule has 0 aliphatic rings. The van der Waals surface area contributed by atoms with Gasteiger partial charge in [0.25, 0.3) is 0 Å². The van der Waals surface area contributed by atoms with Crippen molar-refractivity contribution in [3.63, 3.8) is 0 Å². The lowest BCUT2D eigenvalue weighted by molar-refractivity contribution is 0.800. The standard InChI is InChI=1S/C14H13B.C6H7N3/c15-11-14(12-7-3-1-4-8-12)13-9-5-2-6-10-13;1-6-4-8-5-9(6)3-2-7/h1-11H,15H2;4-5H,3H2,1H3. The van der Waals surface area contributed by atoms with E-state index in [9.17, 15) is 0 Å². The van der Waals surface area contributed by atoms with Gasteiger partial charge in [-0.15, -0.1) is 5.98 Å². The largest absolute Gasteiger partial charge is 0.321 e. The van der Waals surface area contributed by atoms with Crippen LogP contribution in [0.3, 0.4) is 0 Å². The van der Waals surface area contributed by atoms with Crippen molar-refractivity contribution < 1.29 is 0 Å². The molecule has 0 amide bonds. The molecule has 0 unspecified atom stereocenters. The molecule has 0 N–H and O–H groups in total. The van der Waals surface area contributed by atoms with Gasteiger partial charge in [-0.25, -0.2) is 4.98 Å². The van der Waals surface area contributed by atoms with E-state index in [1.165, 1.54) is 16.7 Å². The van der Waals surface area contributed by atoms with E-state index in [-0.39, 0.29) is 0 Å². The Hall–Kier alpha value is -3.06. The zero-order valence-electron chi connectivity index (χ0n) is 14.1. The van der Waals surface area contributed by atoms with E-state index in [2.05, 4.69) is 67.3 Å². The smallest absolute Gasteiger partial charge is 0.130 e. The van der Waals surface area contributed by atoms with Crippen molar-refractivity contribution in [3.05, 3.63) is 96.0 Å². The lowest BCUT2D eigenvalue weighted by Gasteiger charge is -2.07. The molecule has 3 rings (SSSR count). The highest BCUT2D eigenvalue weighted by Gasteiger charge is 2.01. The van der Waals surface area contributed by atoms with Crippen LogP contribution in [0.25, 0.3) is 5.57 Å². The minimum absolute atomic E-state index is 0.395. The molecule has 2 aromatic carbocycles. The van der Waals surface area contributed by atoms with Crippen LogP contribution in [-0.4, -0.2) is 17.4 Å². The lowest BCUT2D eigenvalue weighted by Crippen LogP contribution is -1.94. The average Bonchev–Trinajstić information content (AvgIpc) is 3.04. The van der Waals surface area contributed by atoms with Gasteiger partial charge in [-0.1, -0.05) is 60.7 Å². The quantitative estimate of drug-likeness (QED) is 0.695. The first-order valence-corrected chi connectivity index (χ1v) is 7.87. The van der Waals surface area contributed by atoms with Gasteiger partial charge in [-0.3, -0.25) is 0 Å². The molecule has 0 saturated heterocycles. The topological polar surface area (TPSA) is 41.6 Å². The summed E-state index contributed by atoms with van der Waals surface area (Å²) in [5, 5.41) is 8.26. The normalized spacial score (nSPS) is 9.33. The third-order valence-corrected chi connectivity index (χ3v) is 3.62. The third-order valence-electron chi connectivity index (χ3n) is 3.62. The van der Waals surface area contributed by atoms with Crippen molar-refractivity contribution in [1.29, 1.82) is 5.26 Å². The second kappa shape index (κ2) is 9.17. The highest BCUT2D eigenvalue weighted by molar-refractivity contribution is 6.21. The van der Waals surface area contributed by atoms with Gasteiger partial charge in [0.1, 0.15) is 14.4 Å². The first-order chi connectivity index (χ1) is 11.8. The maximum Gasteiger partial charge on any atom is 0.130 e. The Kier molecular flexibility index (Phi) is 6.61. The summed E-state index contributed by atoms with van der Waals surface area (Å²) >= 11 is 0. The number of nitrogens with zero attached hydrogens (tertiary/aromatic N) is 3. The van der Waals surface area contributed by atoms with Crippen LogP contribution in [-0.2, 0) is 6.54 Å². The first-order valence-electron chi connectivity index (χ1n) is 7.87. The molecule has 1 heterocycles. The molecule has 4 heteroatoms. The molecule has 118 valence electrons. The van der Waals surface area contributed by atoms with Crippen LogP contribution in [0.15, 0.2) is 79.2 Å². The Morgan fingerprint density at radius 2 is 1.62 bits per heavy atom. The minimum atomic E-state index is 0.395. The van der Waals surface area contributed by atoms with Crippen LogP contribution in [0.5, 0.6) is 0 Å². The van der Waals surface area contributed by atoms with Crippen LogP contribution in [0.1, 0.15) is 16.8 Å². The van der Waals surface area contributed by atoms with Gasteiger partial charge in [-0.2, -0.15) is 5.26 Å². The monoisotopic (exact) mass is 313 g/mol. The summed E-state index contributed by atoms with van der Waals surface area (Å²) in [4.78, 5) is 3.85. The average molecular weight is 313 g/mol. The molecule has 0 aliphatic carbocycles. The van der Waals surface area contributed by atoms with E-state index in [4.69, 9.17) is 5.26 Å². The number of rotatable bonds is 3. The van der Waals surface area contributed by atoms with Crippen molar-refractivity contribution in [1.82, 2.24) is 9.55 Å². The Balaban J connectivity index is 0.000000198. The van der Waals surface area contributed by atoms with E-state index in [1.807, 2.05) is 25.1 Å². The fraction of sp³-hybridized carbons (Fsp3) is 0.100. The number of aromatic nitrogens is 2. The van der Waals surface area contributed by atoms with Crippen LogP contribution in [0.4, 0.5) is 0 Å². The molecule has 0 saturated carbocycles. The van der Waals surface area contributed by atoms with Crippen LogP contribution in [0, 0.1) is 18.3 Å². The van der Waals surface area contributed by atoms with Crippen molar-refractivity contribution in [2.45, 2.75) is 13.5 Å². The van der Waals surface area contributed by atoms with Gasteiger partial charge in [0, 0.05) is 11.9 Å². The molecular formula is C20H20BN3. The van der Waals surface area contributed by atoms with Gasteiger partial charge in [0.05, 0.1) is 12.4 Å². The zero-order valence-corrected chi connectivity index (χ0v) is 14.1. The molecule has 0 spiro atoms. The third kappa shape index (κ3) is 4.72. The summed E-state index contributed by atoms with van der Waals surface area (Å²) in [5.74, 6) is 2.16. The number of nitriles is 1. The summed E-state index contributed by atoms with van der Waals surface area (Å²) in [6.07, 6.45) is 3.38. The number of aryl methyl sites for hydroxylation is 1. The molecule has 0 aliphatic heterocycles. The second-order valence-corrected chi connectivity index (χ2v) is 5.26. The summed E-state index contributed by atoms with van der Waals surface area (Å²) < 4.78 is 1.79. The zero-order chi connectivity index (χ0) is 17.2. The predicted octanol–water partition coefficient (Wildman–Crippen LogP) is 3.42. The predicted molar refractivity (Wildman–Crippen MR) is 101 cm³/mol. The van der Waals surface area contributed by atoms with Crippen molar-refractivity contribution in [3.8, 4) is 6.07 Å². The SMILES string of the molecule is BC=C(c1ccccc1)c1ccccc1.Cc1cncn1CC#N. The van der Waals surface area contributed by atoms with E-state index >= 15 is 0 Å². The van der Waals surface area contributed by atoms with E-state index in [0.717, 1.165) is 5.69 Å². The molecular weight excluding hydrogens is 293 g/mol. The van der Waals surface area contributed by atoms with E-state index in [1.54, 1.807) is 17.1 Å². The Labute approximate surface area is 144 Å². The van der Waals surface area contributed by atoms with Crippen molar-refractivity contribution in [2.75, 3.05) is 0 Å². The summed E-state index contributed by atoms with van der Waals surface area (Å²) in [6.45, 7) is 2.32. The molecule has 3 nitrogen and oxygen atoms in total. The molecule has 0 bridgehead atoms. The van der Waals surface area contributed by atoms with Crippen molar-refractivity contribution in [2.24, 2.45) is 0 Å². The fourth-order valence-corrected chi connectivity index (χ4v) is 2.36.